The van der Waals surface area contributed by atoms with Crippen molar-refractivity contribution in [3.05, 3.63) is 94.3 Å². The number of ether oxygens (including phenoxy) is 2. The first-order valence-corrected chi connectivity index (χ1v) is 12.3. The number of nitrogens with zero attached hydrogens (tertiary/aromatic N) is 4. The van der Waals surface area contributed by atoms with Gasteiger partial charge in [0.15, 0.2) is 17.1 Å². The zero-order valence-corrected chi connectivity index (χ0v) is 21.3. The molecular formula is C26H25N5O5S. The van der Waals surface area contributed by atoms with E-state index in [-0.39, 0.29) is 17.3 Å². The van der Waals surface area contributed by atoms with Crippen LogP contribution in [0.5, 0.6) is 11.5 Å². The van der Waals surface area contributed by atoms with Gasteiger partial charge in [-0.15, -0.1) is 10.2 Å². The van der Waals surface area contributed by atoms with Crippen molar-refractivity contribution in [2.24, 2.45) is 0 Å². The highest BCUT2D eigenvalue weighted by molar-refractivity contribution is 7.99. The number of nitro groups is 1. The Morgan fingerprint density at radius 1 is 1.08 bits per heavy atom. The molecule has 1 amide bonds. The van der Waals surface area contributed by atoms with Crippen LogP contribution in [0.15, 0.2) is 78.0 Å². The maximum absolute atomic E-state index is 12.7. The van der Waals surface area contributed by atoms with Crippen LogP contribution in [0.4, 0.5) is 11.4 Å². The fourth-order valence-electron chi connectivity index (χ4n) is 3.54. The van der Waals surface area contributed by atoms with Crippen molar-refractivity contribution < 1.29 is 19.2 Å². The number of methoxy groups -OCH3 is 1. The van der Waals surface area contributed by atoms with E-state index in [0.29, 0.717) is 22.4 Å². The lowest BCUT2D eigenvalue weighted by Crippen LogP contribution is -2.16. The predicted octanol–water partition coefficient (Wildman–Crippen LogP) is 5.36. The summed E-state index contributed by atoms with van der Waals surface area (Å²) in [5, 5.41) is 23.0. The van der Waals surface area contributed by atoms with Crippen molar-refractivity contribution in [1.82, 2.24) is 14.8 Å². The van der Waals surface area contributed by atoms with Gasteiger partial charge in [-0.05, 0) is 55.8 Å². The third-order valence-corrected chi connectivity index (χ3v) is 6.38. The van der Waals surface area contributed by atoms with Crippen molar-refractivity contribution in [3.63, 3.8) is 0 Å². The van der Waals surface area contributed by atoms with Gasteiger partial charge in [0, 0.05) is 17.8 Å². The van der Waals surface area contributed by atoms with E-state index in [9.17, 15) is 14.9 Å². The summed E-state index contributed by atoms with van der Waals surface area (Å²) in [7, 11) is 1.60. The molecule has 0 saturated heterocycles. The molecule has 0 spiro atoms. The molecule has 190 valence electrons. The highest BCUT2D eigenvalue weighted by Crippen LogP contribution is 2.29. The molecule has 1 unspecified atom stereocenters. The van der Waals surface area contributed by atoms with Crippen molar-refractivity contribution in [2.45, 2.75) is 25.1 Å². The van der Waals surface area contributed by atoms with Crippen LogP contribution in [0.2, 0.25) is 0 Å². The molecule has 0 aliphatic carbocycles. The number of para-hydroxylation sites is 1. The molecule has 3 aromatic carbocycles. The van der Waals surface area contributed by atoms with Crippen LogP contribution in [0, 0.1) is 17.0 Å². The zero-order valence-electron chi connectivity index (χ0n) is 20.5. The van der Waals surface area contributed by atoms with Crippen molar-refractivity contribution in [3.8, 4) is 17.2 Å². The molecule has 1 N–H and O–H groups in total. The van der Waals surface area contributed by atoms with Crippen LogP contribution < -0.4 is 14.8 Å². The lowest BCUT2D eigenvalue weighted by Gasteiger charge is -2.17. The second-order valence-corrected chi connectivity index (χ2v) is 8.98. The number of aromatic nitrogens is 3. The largest absolute Gasteiger partial charge is 0.497 e. The summed E-state index contributed by atoms with van der Waals surface area (Å²) in [5.74, 6) is 1.65. The number of nitrogens with one attached hydrogen (secondary N) is 1. The van der Waals surface area contributed by atoms with E-state index in [2.05, 4.69) is 15.5 Å². The number of amides is 1. The van der Waals surface area contributed by atoms with Gasteiger partial charge in [-0.3, -0.25) is 19.5 Å². The van der Waals surface area contributed by atoms with Crippen LogP contribution in [0.25, 0.3) is 5.69 Å². The van der Waals surface area contributed by atoms with E-state index in [1.807, 2.05) is 66.1 Å². The number of non-ortho nitro benzene ring substituents is 1. The van der Waals surface area contributed by atoms with Crippen LogP contribution in [-0.4, -0.2) is 38.5 Å². The van der Waals surface area contributed by atoms with E-state index in [1.54, 1.807) is 20.1 Å². The second kappa shape index (κ2) is 11.6. The van der Waals surface area contributed by atoms with Crippen LogP contribution in [-0.2, 0) is 4.79 Å². The number of hydrogen-bond acceptors (Lipinski definition) is 8. The molecule has 1 aromatic heterocycles. The Morgan fingerprint density at radius 2 is 1.78 bits per heavy atom. The van der Waals surface area contributed by atoms with Gasteiger partial charge in [0.2, 0.25) is 5.91 Å². The summed E-state index contributed by atoms with van der Waals surface area (Å²) in [4.78, 5) is 23.3. The van der Waals surface area contributed by atoms with Gasteiger partial charge < -0.3 is 14.8 Å². The number of benzene rings is 3. The molecule has 4 rings (SSSR count). The summed E-state index contributed by atoms with van der Waals surface area (Å²) in [6.07, 6.45) is -0.447. The summed E-state index contributed by atoms with van der Waals surface area (Å²) in [6.45, 7) is 3.65. The number of carbonyl (C=O) groups excluding carboxylic acids is 1. The molecule has 0 fully saturated rings. The van der Waals surface area contributed by atoms with E-state index in [1.165, 1.54) is 23.9 Å². The molecule has 10 nitrogen and oxygen atoms in total. The van der Waals surface area contributed by atoms with Gasteiger partial charge in [0.05, 0.1) is 23.5 Å². The lowest BCUT2D eigenvalue weighted by molar-refractivity contribution is -0.384. The summed E-state index contributed by atoms with van der Waals surface area (Å²) in [6, 6.07) is 21.2. The molecule has 4 aromatic rings. The Morgan fingerprint density at radius 3 is 2.46 bits per heavy atom. The molecule has 37 heavy (non-hydrogen) atoms. The molecule has 0 bridgehead atoms. The second-order valence-electron chi connectivity index (χ2n) is 8.04. The number of nitro benzene ring substituents is 1. The molecule has 1 heterocycles. The Hall–Kier alpha value is -4.38. The summed E-state index contributed by atoms with van der Waals surface area (Å²) in [5.41, 5.74) is 1.85. The average Bonchev–Trinajstić information content (AvgIpc) is 3.34. The fourth-order valence-corrected chi connectivity index (χ4v) is 4.30. The van der Waals surface area contributed by atoms with E-state index >= 15 is 0 Å². The molecule has 1 atom stereocenters. The van der Waals surface area contributed by atoms with Crippen LogP contribution in [0.1, 0.15) is 24.4 Å². The number of anilines is 1. The van der Waals surface area contributed by atoms with E-state index < -0.39 is 11.0 Å². The van der Waals surface area contributed by atoms with E-state index in [4.69, 9.17) is 9.47 Å². The predicted molar refractivity (Wildman–Crippen MR) is 141 cm³/mol. The van der Waals surface area contributed by atoms with Crippen molar-refractivity contribution in [1.29, 1.82) is 0 Å². The molecule has 0 aliphatic heterocycles. The highest BCUT2D eigenvalue weighted by Gasteiger charge is 2.22. The standard InChI is InChI=1S/C26H25N5O5S/c1-17-9-10-20(31(33)34)15-23(17)27-24(32)16-37-26-29-28-25(30(26)19-7-5-4-6-8-19)18(2)36-22-13-11-21(35-3)12-14-22/h4-15,18H,16H2,1-3H3,(H,27,32). The molecular weight excluding hydrogens is 494 g/mol. The van der Waals surface area contributed by atoms with Gasteiger partial charge in [-0.1, -0.05) is 36.0 Å². The van der Waals surface area contributed by atoms with Crippen LogP contribution >= 0.6 is 11.8 Å². The number of hydrogen-bond donors (Lipinski definition) is 1. The first kappa shape index (κ1) is 25.7. The third-order valence-electron chi connectivity index (χ3n) is 5.45. The summed E-state index contributed by atoms with van der Waals surface area (Å²) >= 11 is 1.21. The highest BCUT2D eigenvalue weighted by atomic mass is 32.2. The fraction of sp³-hybridized carbons (Fsp3) is 0.192. The normalized spacial score (nSPS) is 11.5. The Kier molecular flexibility index (Phi) is 8.04. The van der Waals surface area contributed by atoms with Gasteiger partial charge in [0.25, 0.3) is 5.69 Å². The number of carbonyl (C=O) groups is 1. The first-order chi connectivity index (χ1) is 17.9. The topological polar surface area (TPSA) is 121 Å². The Labute approximate surface area is 217 Å². The first-order valence-electron chi connectivity index (χ1n) is 11.3. The minimum Gasteiger partial charge on any atom is -0.497 e. The average molecular weight is 520 g/mol. The maximum Gasteiger partial charge on any atom is 0.271 e. The van der Waals surface area contributed by atoms with Gasteiger partial charge in [-0.2, -0.15) is 0 Å². The smallest absolute Gasteiger partial charge is 0.271 e. The third kappa shape index (κ3) is 6.25. The molecule has 0 aliphatic rings. The Bertz CT molecular complexity index is 1390. The number of thioether (sulfide) groups is 1. The van der Waals surface area contributed by atoms with Gasteiger partial charge >= 0.3 is 0 Å². The quantitative estimate of drug-likeness (QED) is 0.169. The van der Waals surface area contributed by atoms with Crippen molar-refractivity contribution >= 4 is 29.0 Å². The molecule has 0 radical (unpaired) electrons. The lowest BCUT2D eigenvalue weighted by atomic mass is 10.2. The van der Waals surface area contributed by atoms with Crippen LogP contribution in [0.3, 0.4) is 0 Å². The van der Waals surface area contributed by atoms with Gasteiger partial charge in [-0.25, -0.2) is 0 Å². The molecule has 0 saturated carbocycles. The minimum absolute atomic E-state index is 0.0286. The number of aryl methyl sites for hydroxylation is 1. The summed E-state index contributed by atoms with van der Waals surface area (Å²) < 4.78 is 13.2. The van der Waals surface area contributed by atoms with Crippen molar-refractivity contribution in [2.75, 3.05) is 18.2 Å². The monoisotopic (exact) mass is 519 g/mol. The van der Waals surface area contributed by atoms with E-state index in [0.717, 1.165) is 17.0 Å². The SMILES string of the molecule is COc1ccc(OC(C)c2nnc(SCC(=O)Nc3cc([N+](=O)[O-])ccc3C)n2-c2ccccc2)cc1. The maximum atomic E-state index is 12.7. The molecule has 11 heteroatoms. The Balaban J connectivity index is 1.53. The van der Waals surface area contributed by atoms with Gasteiger partial charge in [0.1, 0.15) is 11.5 Å². The number of rotatable bonds is 10. The zero-order chi connectivity index (χ0) is 26.4. The minimum atomic E-state index is -0.497.